The van der Waals surface area contributed by atoms with Crippen LogP contribution in [0.15, 0.2) is 11.4 Å². The van der Waals surface area contributed by atoms with Gasteiger partial charge in [0.25, 0.3) is 0 Å². The molecule has 0 bridgehead atoms. The first-order chi connectivity index (χ1) is 6.80. The minimum Gasteiger partial charge on any atom is -0.491 e. The molecule has 0 aromatic carbocycles. The number of fused-ring (bicyclic) bond motifs is 2. The Morgan fingerprint density at radius 2 is 2.21 bits per heavy atom. The SMILES string of the molecule is CN1CCC2(CC1)COc1ccsc12. The number of ether oxygens (including phenoxy) is 1. The number of thiophene rings is 1. The summed E-state index contributed by atoms with van der Waals surface area (Å²) < 4.78 is 5.76. The second-order valence-electron chi connectivity index (χ2n) is 4.49. The highest BCUT2D eigenvalue weighted by atomic mass is 32.1. The summed E-state index contributed by atoms with van der Waals surface area (Å²) in [6, 6.07) is 2.12. The molecule has 14 heavy (non-hydrogen) atoms. The maximum absolute atomic E-state index is 5.76. The third kappa shape index (κ3) is 1.12. The van der Waals surface area contributed by atoms with Gasteiger partial charge in [0.1, 0.15) is 5.75 Å². The zero-order valence-corrected chi connectivity index (χ0v) is 9.27. The van der Waals surface area contributed by atoms with Crippen molar-refractivity contribution in [2.75, 3.05) is 26.7 Å². The third-order valence-electron chi connectivity index (χ3n) is 3.56. The molecule has 0 saturated carbocycles. The van der Waals surface area contributed by atoms with E-state index in [-0.39, 0.29) is 0 Å². The average Bonchev–Trinajstić information content (AvgIpc) is 2.75. The zero-order valence-electron chi connectivity index (χ0n) is 8.45. The normalized spacial score (nSPS) is 24.9. The van der Waals surface area contributed by atoms with Crippen LogP contribution in [0, 0.1) is 0 Å². The van der Waals surface area contributed by atoms with Crippen LogP contribution in [-0.4, -0.2) is 31.6 Å². The summed E-state index contributed by atoms with van der Waals surface area (Å²) in [5, 5.41) is 2.16. The molecule has 1 saturated heterocycles. The van der Waals surface area contributed by atoms with Crippen molar-refractivity contribution in [1.82, 2.24) is 4.90 Å². The minimum absolute atomic E-state index is 0.371. The third-order valence-corrected chi connectivity index (χ3v) is 4.70. The number of piperidine rings is 1. The molecule has 0 unspecified atom stereocenters. The average molecular weight is 209 g/mol. The van der Waals surface area contributed by atoms with Crippen LogP contribution in [-0.2, 0) is 5.41 Å². The van der Waals surface area contributed by atoms with Crippen molar-refractivity contribution in [2.24, 2.45) is 0 Å². The molecular weight excluding hydrogens is 194 g/mol. The molecule has 3 heterocycles. The Kier molecular flexibility index (Phi) is 1.86. The molecule has 1 aromatic heterocycles. The summed E-state index contributed by atoms with van der Waals surface area (Å²) in [6.45, 7) is 3.34. The van der Waals surface area contributed by atoms with Crippen molar-refractivity contribution >= 4 is 11.3 Å². The highest BCUT2D eigenvalue weighted by Crippen LogP contribution is 2.48. The molecule has 1 spiro atoms. The van der Waals surface area contributed by atoms with Crippen LogP contribution < -0.4 is 4.74 Å². The standard InChI is InChI=1S/C11H15NOS/c1-12-5-3-11(4-6-12)8-13-9-2-7-14-10(9)11/h2,7H,3-6,8H2,1H3. The molecule has 0 radical (unpaired) electrons. The molecule has 1 fully saturated rings. The lowest BCUT2D eigenvalue weighted by molar-refractivity contribution is 0.156. The smallest absolute Gasteiger partial charge is 0.133 e. The molecule has 1 aromatic rings. The van der Waals surface area contributed by atoms with Crippen molar-refractivity contribution in [3.8, 4) is 5.75 Å². The van der Waals surface area contributed by atoms with E-state index in [4.69, 9.17) is 4.74 Å². The van der Waals surface area contributed by atoms with Gasteiger partial charge in [-0.1, -0.05) is 0 Å². The fourth-order valence-electron chi connectivity index (χ4n) is 2.50. The maximum atomic E-state index is 5.76. The molecule has 0 atom stereocenters. The van der Waals surface area contributed by atoms with Crippen LogP contribution in [0.2, 0.25) is 0 Å². The van der Waals surface area contributed by atoms with E-state index in [1.165, 1.54) is 30.8 Å². The summed E-state index contributed by atoms with van der Waals surface area (Å²) >= 11 is 1.88. The lowest BCUT2D eigenvalue weighted by Gasteiger charge is -2.36. The Labute approximate surface area is 88.5 Å². The summed E-state index contributed by atoms with van der Waals surface area (Å²) in [5.74, 6) is 1.15. The highest BCUT2D eigenvalue weighted by Gasteiger charge is 2.43. The molecule has 2 aliphatic heterocycles. The number of hydrogen-bond donors (Lipinski definition) is 0. The molecule has 0 aliphatic carbocycles. The highest BCUT2D eigenvalue weighted by molar-refractivity contribution is 7.10. The zero-order chi connectivity index (χ0) is 9.60. The molecule has 76 valence electrons. The first-order valence-corrected chi connectivity index (χ1v) is 6.07. The van der Waals surface area contributed by atoms with Crippen LogP contribution in [0.25, 0.3) is 0 Å². The molecule has 2 nitrogen and oxygen atoms in total. The van der Waals surface area contributed by atoms with E-state index in [9.17, 15) is 0 Å². The van der Waals surface area contributed by atoms with Crippen LogP contribution >= 0.6 is 11.3 Å². The molecule has 2 aliphatic rings. The minimum atomic E-state index is 0.371. The van der Waals surface area contributed by atoms with Crippen LogP contribution in [0.5, 0.6) is 5.75 Å². The van der Waals surface area contributed by atoms with Crippen molar-refractivity contribution in [3.05, 3.63) is 16.3 Å². The van der Waals surface area contributed by atoms with Gasteiger partial charge in [-0.3, -0.25) is 0 Å². The van der Waals surface area contributed by atoms with Crippen molar-refractivity contribution < 1.29 is 4.74 Å². The van der Waals surface area contributed by atoms with Crippen molar-refractivity contribution in [2.45, 2.75) is 18.3 Å². The molecular formula is C11H15NOS. The van der Waals surface area contributed by atoms with Gasteiger partial charge in [-0.15, -0.1) is 11.3 Å². The van der Waals surface area contributed by atoms with E-state index < -0.39 is 0 Å². The van der Waals surface area contributed by atoms with Gasteiger partial charge < -0.3 is 9.64 Å². The van der Waals surface area contributed by atoms with Gasteiger partial charge in [0.2, 0.25) is 0 Å². The Bertz CT molecular complexity index is 339. The molecule has 3 rings (SSSR count). The fourth-order valence-corrected chi connectivity index (χ4v) is 3.58. The fraction of sp³-hybridized carbons (Fsp3) is 0.636. The lowest BCUT2D eigenvalue weighted by atomic mass is 9.79. The van der Waals surface area contributed by atoms with E-state index in [2.05, 4.69) is 23.4 Å². The largest absolute Gasteiger partial charge is 0.491 e. The van der Waals surface area contributed by atoms with Gasteiger partial charge in [0.05, 0.1) is 11.5 Å². The van der Waals surface area contributed by atoms with Gasteiger partial charge in [0, 0.05) is 5.41 Å². The second-order valence-corrected chi connectivity index (χ2v) is 5.40. The summed E-state index contributed by atoms with van der Waals surface area (Å²) in [5.41, 5.74) is 0.371. The summed E-state index contributed by atoms with van der Waals surface area (Å²) in [4.78, 5) is 3.92. The topological polar surface area (TPSA) is 12.5 Å². The molecule has 0 N–H and O–H groups in total. The number of hydrogen-bond acceptors (Lipinski definition) is 3. The van der Waals surface area contributed by atoms with Crippen LogP contribution in [0.3, 0.4) is 0 Å². The van der Waals surface area contributed by atoms with Gasteiger partial charge in [-0.25, -0.2) is 0 Å². The number of nitrogens with zero attached hydrogens (tertiary/aromatic N) is 1. The van der Waals surface area contributed by atoms with Crippen LogP contribution in [0.4, 0.5) is 0 Å². The van der Waals surface area contributed by atoms with E-state index in [1.54, 1.807) is 0 Å². The van der Waals surface area contributed by atoms with Crippen molar-refractivity contribution in [1.29, 1.82) is 0 Å². The van der Waals surface area contributed by atoms with Crippen molar-refractivity contribution in [3.63, 3.8) is 0 Å². The second kappa shape index (κ2) is 2.97. The summed E-state index contributed by atoms with van der Waals surface area (Å²) in [7, 11) is 2.21. The predicted molar refractivity (Wildman–Crippen MR) is 58.2 cm³/mol. The van der Waals surface area contributed by atoms with Gasteiger partial charge in [-0.2, -0.15) is 0 Å². The van der Waals surface area contributed by atoms with E-state index in [0.717, 1.165) is 12.4 Å². The Morgan fingerprint density at radius 1 is 1.43 bits per heavy atom. The number of likely N-dealkylation sites (tertiary alicyclic amines) is 1. The van der Waals surface area contributed by atoms with E-state index in [1.807, 2.05) is 11.3 Å². The number of rotatable bonds is 0. The first kappa shape index (κ1) is 8.74. The first-order valence-electron chi connectivity index (χ1n) is 5.19. The summed E-state index contributed by atoms with van der Waals surface area (Å²) in [6.07, 6.45) is 2.52. The van der Waals surface area contributed by atoms with Gasteiger partial charge >= 0.3 is 0 Å². The van der Waals surface area contributed by atoms with Gasteiger partial charge in [-0.05, 0) is 44.4 Å². The monoisotopic (exact) mass is 209 g/mol. The Balaban J connectivity index is 1.92. The molecule has 3 heteroatoms. The maximum Gasteiger partial charge on any atom is 0.133 e. The van der Waals surface area contributed by atoms with E-state index in [0.29, 0.717) is 5.41 Å². The Morgan fingerprint density at radius 3 is 3.00 bits per heavy atom. The quantitative estimate of drug-likeness (QED) is 0.649. The van der Waals surface area contributed by atoms with Crippen LogP contribution in [0.1, 0.15) is 17.7 Å². The Hall–Kier alpha value is -0.540. The lowest BCUT2D eigenvalue weighted by Crippen LogP contribution is -2.41. The van der Waals surface area contributed by atoms with E-state index >= 15 is 0 Å². The van der Waals surface area contributed by atoms with Gasteiger partial charge in [0.15, 0.2) is 0 Å². The molecule has 0 amide bonds. The predicted octanol–water partition coefficient (Wildman–Crippen LogP) is 2.10.